The van der Waals surface area contributed by atoms with E-state index in [1.165, 1.54) is 0 Å². The van der Waals surface area contributed by atoms with Gasteiger partial charge >= 0.3 is 11.9 Å². The van der Waals surface area contributed by atoms with Crippen LogP contribution in [-0.2, 0) is 24.0 Å². The number of carbonyl (C=O) groups is 5. The Morgan fingerprint density at radius 2 is 1.56 bits per heavy atom. The van der Waals surface area contributed by atoms with Crippen molar-refractivity contribution in [2.45, 2.75) is 44.8 Å². The quantitative estimate of drug-likeness (QED) is 0.181. The van der Waals surface area contributed by atoms with E-state index in [2.05, 4.69) is 10.6 Å². The molecule has 0 heterocycles. The monoisotopic (exact) mass is 390 g/mol. The number of amides is 3. The van der Waals surface area contributed by atoms with Gasteiger partial charge in [0.1, 0.15) is 18.6 Å². The predicted octanol–water partition coefficient (Wildman–Crippen LogP) is -3.00. The van der Waals surface area contributed by atoms with Gasteiger partial charge in [0, 0.05) is 0 Å². The van der Waals surface area contributed by atoms with Crippen molar-refractivity contribution >= 4 is 29.7 Å². The molecule has 3 amide bonds. The summed E-state index contributed by atoms with van der Waals surface area (Å²) in [5.74, 6) is -5.54. The van der Waals surface area contributed by atoms with Crippen molar-refractivity contribution in [3.63, 3.8) is 0 Å². The van der Waals surface area contributed by atoms with Crippen molar-refractivity contribution in [2.24, 2.45) is 11.7 Å². The standard InChI is InChI=1S/C15H26N4O8/c1-3-7(2)12(19-13(25)8(16)4-10(21)22)15(27)18-9(6-20)14(26)17-5-11(23)24/h7-9,12,20H,3-6,16H2,1-2H3,(H,17,26)(H,18,27)(H,19,25)(H,21,22)(H,23,24). The topological polar surface area (TPSA) is 208 Å². The van der Waals surface area contributed by atoms with E-state index in [9.17, 15) is 29.1 Å². The average molecular weight is 390 g/mol. The largest absolute Gasteiger partial charge is 0.481 e. The lowest BCUT2D eigenvalue weighted by atomic mass is 9.97. The van der Waals surface area contributed by atoms with Crippen LogP contribution in [-0.4, -0.2) is 76.3 Å². The Kier molecular flexibility index (Phi) is 10.6. The Balaban J connectivity index is 5.09. The van der Waals surface area contributed by atoms with Crippen LogP contribution in [0.3, 0.4) is 0 Å². The summed E-state index contributed by atoms with van der Waals surface area (Å²) >= 11 is 0. The molecule has 0 rings (SSSR count). The molecule has 12 nitrogen and oxygen atoms in total. The first-order valence-electron chi connectivity index (χ1n) is 8.21. The number of hydrogen-bond acceptors (Lipinski definition) is 7. The van der Waals surface area contributed by atoms with Crippen LogP contribution in [0.1, 0.15) is 26.7 Å². The maximum absolute atomic E-state index is 12.4. The van der Waals surface area contributed by atoms with Gasteiger partial charge in [0.2, 0.25) is 17.7 Å². The highest BCUT2D eigenvalue weighted by atomic mass is 16.4. The van der Waals surface area contributed by atoms with Gasteiger partial charge in [0.15, 0.2) is 0 Å². The molecule has 154 valence electrons. The predicted molar refractivity (Wildman–Crippen MR) is 91.3 cm³/mol. The Bertz CT molecular complexity index is 568. The molecule has 0 saturated heterocycles. The van der Waals surface area contributed by atoms with Gasteiger partial charge in [-0.2, -0.15) is 0 Å². The lowest BCUT2D eigenvalue weighted by Crippen LogP contribution is -2.58. The second kappa shape index (κ2) is 11.8. The molecule has 0 saturated carbocycles. The summed E-state index contributed by atoms with van der Waals surface area (Å²) in [6.07, 6.45) is -0.168. The smallest absolute Gasteiger partial charge is 0.322 e. The molecule has 12 heteroatoms. The van der Waals surface area contributed by atoms with Gasteiger partial charge in [0.05, 0.1) is 19.1 Å². The minimum absolute atomic E-state index is 0.396. The molecule has 4 atom stereocenters. The van der Waals surface area contributed by atoms with Gasteiger partial charge in [-0.1, -0.05) is 20.3 Å². The zero-order valence-corrected chi connectivity index (χ0v) is 15.1. The number of aliphatic carboxylic acids is 2. The molecule has 0 bridgehead atoms. The van der Waals surface area contributed by atoms with Gasteiger partial charge in [-0.05, 0) is 5.92 Å². The fourth-order valence-corrected chi connectivity index (χ4v) is 1.98. The summed E-state index contributed by atoms with van der Waals surface area (Å²) in [5.41, 5.74) is 5.47. The molecule has 0 aliphatic heterocycles. The summed E-state index contributed by atoms with van der Waals surface area (Å²) in [7, 11) is 0. The maximum Gasteiger partial charge on any atom is 0.322 e. The molecule has 0 radical (unpaired) electrons. The number of hydrogen-bond donors (Lipinski definition) is 7. The van der Waals surface area contributed by atoms with Crippen molar-refractivity contribution in [1.29, 1.82) is 0 Å². The van der Waals surface area contributed by atoms with E-state index < -0.39 is 73.3 Å². The number of rotatable bonds is 12. The average Bonchev–Trinajstić information content (AvgIpc) is 2.60. The number of carboxylic acids is 2. The number of carboxylic acid groups (broad SMARTS) is 2. The summed E-state index contributed by atoms with van der Waals surface area (Å²) in [5, 5.41) is 33.1. The number of aliphatic hydroxyl groups excluding tert-OH is 1. The number of aliphatic hydroxyl groups is 1. The van der Waals surface area contributed by atoms with Gasteiger partial charge in [-0.25, -0.2) is 0 Å². The highest BCUT2D eigenvalue weighted by Gasteiger charge is 2.31. The molecule has 0 aromatic carbocycles. The van der Waals surface area contributed by atoms with Gasteiger partial charge in [0.25, 0.3) is 0 Å². The van der Waals surface area contributed by atoms with Crippen molar-refractivity contribution in [2.75, 3.05) is 13.2 Å². The van der Waals surface area contributed by atoms with Gasteiger partial charge in [-0.3, -0.25) is 24.0 Å². The van der Waals surface area contributed by atoms with Crippen LogP contribution in [0.5, 0.6) is 0 Å². The molecule has 0 aromatic rings. The van der Waals surface area contributed by atoms with E-state index in [0.717, 1.165) is 0 Å². The van der Waals surface area contributed by atoms with E-state index in [1.807, 2.05) is 5.32 Å². The zero-order chi connectivity index (χ0) is 21.1. The van der Waals surface area contributed by atoms with Crippen LogP contribution < -0.4 is 21.7 Å². The lowest BCUT2D eigenvalue weighted by Gasteiger charge is -2.26. The second-order valence-corrected chi connectivity index (χ2v) is 5.93. The molecule has 0 fully saturated rings. The minimum atomic E-state index is -1.42. The van der Waals surface area contributed by atoms with E-state index in [1.54, 1.807) is 13.8 Å². The van der Waals surface area contributed by atoms with Crippen molar-refractivity contribution < 1.29 is 39.3 Å². The van der Waals surface area contributed by atoms with Crippen molar-refractivity contribution in [1.82, 2.24) is 16.0 Å². The molecular weight excluding hydrogens is 364 g/mol. The number of carbonyl (C=O) groups excluding carboxylic acids is 3. The summed E-state index contributed by atoms with van der Waals surface area (Å²) in [6, 6.07) is -3.92. The third kappa shape index (κ3) is 8.96. The molecule has 4 unspecified atom stereocenters. The highest BCUT2D eigenvalue weighted by Crippen LogP contribution is 2.09. The number of nitrogens with two attached hydrogens (primary N) is 1. The first kappa shape index (κ1) is 24.3. The van der Waals surface area contributed by atoms with E-state index in [-0.39, 0.29) is 0 Å². The molecule has 0 aliphatic carbocycles. The lowest BCUT2D eigenvalue weighted by molar-refractivity contribution is -0.140. The van der Waals surface area contributed by atoms with E-state index >= 15 is 0 Å². The second-order valence-electron chi connectivity index (χ2n) is 5.93. The van der Waals surface area contributed by atoms with Crippen molar-refractivity contribution in [3.05, 3.63) is 0 Å². The third-order valence-corrected chi connectivity index (χ3v) is 3.75. The summed E-state index contributed by atoms with van der Waals surface area (Å²) in [4.78, 5) is 57.4. The highest BCUT2D eigenvalue weighted by molar-refractivity contribution is 5.94. The van der Waals surface area contributed by atoms with E-state index in [0.29, 0.717) is 6.42 Å². The maximum atomic E-state index is 12.4. The Morgan fingerprint density at radius 3 is 2.00 bits per heavy atom. The Hall–Kier alpha value is -2.73. The van der Waals surface area contributed by atoms with Crippen molar-refractivity contribution in [3.8, 4) is 0 Å². The Labute approximate surface area is 155 Å². The molecular formula is C15H26N4O8. The SMILES string of the molecule is CCC(C)C(NC(=O)C(N)CC(=O)O)C(=O)NC(CO)C(=O)NCC(=O)O. The minimum Gasteiger partial charge on any atom is -0.481 e. The molecule has 0 aromatic heterocycles. The fourth-order valence-electron chi connectivity index (χ4n) is 1.98. The van der Waals surface area contributed by atoms with Crippen LogP contribution in [0.4, 0.5) is 0 Å². The normalized spacial score (nSPS) is 15.0. The third-order valence-electron chi connectivity index (χ3n) is 3.75. The number of nitrogens with one attached hydrogen (secondary N) is 3. The van der Waals surface area contributed by atoms with E-state index in [4.69, 9.17) is 15.9 Å². The first-order chi connectivity index (χ1) is 12.5. The molecule has 0 aliphatic rings. The van der Waals surface area contributed by atoms with Crippen LogP contribution in [0.15, 0.2) is 0 Å². The molecule has 0 spiro atoms. The molecule has 27 heavy (non-hydrogen) atoms. The summed E-state index contributed by atoms with van der Waals surface area (Å²) < 4.78 is 0. The van der Waals surface area contributed by atoms with Crippen LogP contribution in [0, 0.1) is 5.92 Å². The summed E-state index contributed by atoms with van der Waals surface area (Å²) in [6.45, 7) is 1.90. The zero-order valence-electron chi connectivity index (χ0n) is 15.1. The Morgan fingerprint density at radius 1 is 0.963 bits per heavy atom. The molecule has 8 N–H and O–H groups in total. The van der Waals surface area contributed by atoms with Gasteiger partial charge in [-0.15, -0.1) is 0 Å². The van der Waals surface area contributed by atoms with Crippen LogP contribution in [0.25, 0.3) is 0 Å². The fraction of sp³-hybridized carbons (Fsp3) is 0.667. The van der Waals surface area contributed by atoms with Crippen LogP contribution >= 0.6 is 0 Å². The van der Waals surface area contributed by atoms with Gasteiger partial charge < -0.3 is 37.0 Å². The van der Waals surface area contributed by atoms with Crippen LogP contribution in [0.2, 0.25) is 0 Å². The first-order valence-corrected chi connectivity index (χ1v) is 8.21.